The van der Waals surface area contributed by atoms with Crippen LogP contribution in [0, 0.1) is 5.82 Å². The van der Waals surface area contributed by atoms with Crippen LogP contribution in [0.4, 0.5) is 4.39 Å². The monoisotopic (exact) mass is 342 g/mol. The first-order valence-electron chi connectivity index (χ1n) is 8.60. The Kier molecular flexibility index (Phi) is 6.14. The van der Waals surface area contributed by atoms with Gasteiger partial charge in [0, 0.05) is 19.6 Å². The molecule has 0 bridgehead atoms. The van der Waals surface area contributed by atoms with Gasteiger partial charge < -0.3 is 10.1 Å². The van der Waals surface area contributed by atoms with Gasteiger partial charge in [0.15, 0.2) is 0 Å². The average Bonchev–Trinajstić information content (AvgIpc) is 2.64. The van der Waals surface area contributed by atoms with E-state index >= 15 is 0 Å². The Balaban J connectivity index is 1.62. The van der Waals surface area contributed by atoms with E-state index in [0.29, 0.717) is 25.3 Å². The highest BCUT2D eigenvalue weighted by Gasteiger charge is 2.23. The van der Waals surface area contributed by atoms with Crippen LogP contribution >= 0.6 is 0 Å². The fourth-order valence-electron chi connectivity index (χ4n) is 3.13. The molecule has 0 aromatic heterocycles. The van der Waals surface area contributed by atoms with E-state index in [1.165, 1.54) is 17.7 Å². The van der Waals surface area contributed by atoms with E-state index < -0.39 is 0 Å². The molecule has 1 amide bonds. The van der Waals surface area contributed by atoms with Gasteiger partial charge >= 0.3 is 0 Å². The predicted octanol–water partition coefficient (Wildman–Crippen LogP) is 2.56. The summed E-state index contributed by atoms with van der Waals surface area (Å²) in [6.07, 6.45) is 0.183. The number of halogens is 1. The highest BCUT2D eigenvalue weighted by Crippen LogP contribution is 2.21. The molecule has 1 saturated heterocycles. The average molecular weight is 342 g/mol. The lowest BCUT2D eigenvalue weighted by atomic mass is 10.0. The number of carbonyl (C=O) groups excluding carboxylic acids is 1. The molecule has 0 aliphatic carbocycles. The second kappa shape index (κ2) is 8.74. The van der Waals surface area contributed by atoms with Gasteiger partial charge in [-0.15, -0.1) is 0 Å². The molecule has 4 nitrogen and oxygen atoms in total. The second-order valence-electron chi connectivity index (χ2n) is 6.19. The third-order valence-electron chi connectivity index (χ3n) is 4.42. The van der Waals surface area contributed by atoms with Gasteiger partial charge in [-0.25, -0.2) is 4.39 Å². The number of morpholine rings is 1. The van der Waals surface area contributed by atoms with Crippen molar-refractivity contribution in [2.75, 3.05) is 32.8 Å². The molecule has 2 aromatic rings. The Bertz CT molecular complexity index is 687. The van der Waals surface area contributed by atoms with Gasteiger partial charge in [-0.3, -0.25) is 9.69 Å². The van der Waals surface area contributed by atoms with Crippen LogP contribution in [-0.4, -0.2) is 43.7 Å². The van der Waals surface area contributed by atoms with Gasteiger partial charge in [0.2, 0.25) is 5.91 Å². The second-order valence-corrected chi connectivity index (χ2v) is 6.19. The molecule has 0 spiro atoms. The maximum atomic E-state index is 13.2. The molecule has 1 N–H and O–H groups in total. The number of nitrogens with one attached hydrogen (secondary N) is 1. The van der Waals surface area contributed by atoms with Gasteiger partial charge in [0.1, 0.15) is 5.82 Å². The molecule has 2 aromatic carbocycles. The zero-order valence-electron chi connectivity index (χ0n) is 14.2. The first-order valence-corrected chi connectivity index (χ1v) is 8.60. The van der Waals surface area contributed by atoms with Crippen LogP contribution in [0.15, 0.2) is 54.6 Å². The van der Waals surface area contributed by atoms with E-state index in [-0.39, 0.29) is 24.2 Å². The van der Waals surface area contributed by atoms with Crippen molar-refractivity contribution in [3.8, 4) is 0 Å². The summed E-state index contributed by atoms with van der Waals surface area (Å²) in [7, 11) is 0. The smallest absolute Gasteiger partial charge is 0.224 e. The minimum absolute atomic E-state index is 0.0974. The van der Waals surface area contributed by atoms with Crippen molar-refractivity contribution < 1.29 is 13.9 Å². The predicted molar refractivity (Wildman–Crippen MR) is 94.7 cm³/mol. The number of amides is 1. The van der Waals surface area contributed by atoms with Gasteiger partial charge in [0.25, 0.3) is 0 Å². The Labute approximate surface area is 147 Å². The fraction of sp³-hybridized carbons (Fsp3) is 0.350. The summed E-state index contributed by atoms with van der Waals surface area (Å²) in [6.45, 7) is 3.64. The summed E-state index contributed by atoms with van der Waals surface area (Å²) in [5.41, 5.74) is 1.86. The van der Waals surface area contributed by atoms with E-state index in [1.54, 1.807) is 12.1 Å². The lowest BCUT2D eigenvalue weighted by Crippen LogP contribution is -2.44. The molecule has 1 aliphatic rings. The van der Waals surface area contributed by atoms with E-state index in [4.69, 9.17) is 4.74 Å². The van der Waals surface area contributed by atoms with Gasteiger partial charge in [-0.2, -0.15) is 0 Å². The molecule has 0 radical (unpaired) electrons. The molecule has 132 valence electrons. The van der Waals surface area contributed by atoms with Crippen LogP contribution in [0.3, 0.4) is 0 Å². The minimum Gasteiger partial charge on any atom is -0.379 e. The van der Waals surface area contributed by atoms with Crippen LogP contribution in [0.5, 0.6) is 0 Å². The zero-order valence-corrected chi connectivity index (χ0v) is 14.2. The fourth-order valence-corrected chi connectivity index (χ4v) is 3.13. The third kappa shape index (κ3) is 5.11. The van der Waals surface area contributed by atoms with Crippen LogP contribution in [0.25, 0.3) is 0 Å². The number of benzene rings is 2. The Morgan fingerprint density at radius 1 is 1.12 bits per heavy atom. The summed E-state index contributed by atoms with van der Waals surface area (Å²) < 4.78 is 18.7. The lowest BCUT2D eigenvalue weighted by molar-refractivity contribution is -0.120. The molecule has 5 heteroatoms. The van der Waals surface area contributed by atoms with Gasteiger partial charge in [0.05, 0.1) is 25.7 Å². The molecule has 25 heavy (non-hydrogen) atoms. The Morgan fingerprint density at radius 2 is 1.88 bits per heavy atom. The quantitative estimate of drug-likeness (QED) is 0.877. The maximum Gasteiger partial charge on any atom is 0.224 e. The number of hydrogen-bond acceptors (Lipinski definition) is 3. The minimum atomic E-state index is -0.319. The van der Waals surface area contributed by atoms with Gasteiger partial charge in [-0.05, 0) is 23.3 Å². The third-order valence-corrected chi connectivity index (χ3v) is 4.42. The zero-order chi connectivity index (χ0) is 17.5. The number of ether oxygens (including phenoxy) is 1. The highest BCUT2D eigenvalue weighted by molar-refractivity contribution is 5.78. The Hall–Kier alpha value is -2.24. The standard InChI is InChI=1S/C20H23FN2O2/c21-18-8-4-5-16(13-18)14-20(24)22-15-19(17-6-2-1-3-7-17)23-9-11-25-12-10-23/h1-8,13,19H,9-12,14-15H2,(H,22,24). The van der Waals surface area contributed by atoms with Crippen molar-refractivity contribution in [3.05, 3.63) is 71.5 Å². The SMILES string of the molecule is O=C(Cc1cccc(F)c1)NCC(c1ccccc1)N1CCOCC1. The van der Waals surface area contributed by atoms with E-state index in [0.717, 1.165) is 13.1 Å². The molecule has 1 aliphatic heterocycles. The molecule has 1 atom stereocenters. The summed E-state index contributed by atoms with van der Waals surface area (Å²) in [4.78, 5) is 14.6. The van der Waals surface area contributed by atoms with Crippen molar-refractivity contribution in [1.82, 2.24) is 10.2 Å². The van der Waals surface area contributed by atoms with Gasteiger partial charge in [-0.1, -0.05) is 42.5 Å². The van der Waals surface area contributed by atoms with Crippen LogP contribution in [-0.2, 0) is 16.0 Å². The molecule has 3 rings (SSSR count). The number of carbonyl (C=O) groups is 1. The lowest BCUT2D eigenvalue weighted by Gasteiger charge is -2.35. The van der Waals surface area contributed by atoms with Crippen LogP contribution in [0.1, 0.15) is 17.2 Å². The van der Waals surface area contributed by atoms with Crippen molar-refractivity contribution in [1.29, 1.82) is 0 Å². The van der Waals surface area contributed by atoms with Crippen molar-refractivity contribution in [2.24, 2.45) is 0 Å². The van der Waals surface area contributed by atoms with Crippen molar-refractivity contribution >= 4 is 5.91 Å². The van der Waals surface area contributed by atoms with Crippen molar-refractivity contribution in [2.45, 2.75) is 12.5 Å². The maximum absolute atomic E-state index is 13.2. The van der Waals surface area contributed by atoms with E-state index in [9.17, 15) is 9.18 Å². The molecule has 1 fully saturated rings. The largest absolute Gasteiger partial charge is 0.379 e. The summed E-state index contributed by atoms with van der Waals surface area (Å²) in [5, 5.41) is 3.00. The Morgan fingerprint density at radius 3 is 2.60 bits per heavy atom. The normalized spacial score (nSPS) is 16.4. The molecular formula is C20H23FN2O2. The molecule has 1 heterocycles. The number of nitrogens with zero attached hydrogens (tertiary/aromatic N) is 1. The van der Waals surface area contributed by atoms with E-state index in [2.05, 4.69) is 22.3 Å². The van der Waals surface area contributed by atoms with Crippen molar-refractivity contribution in [3.63, 3.8) is 0 Å². The first kappa shape index (κ1) is 17.6. The van der Waals surface area contributed by atoms with Crippen LogP contribution in [0.2, 0.25) is 0 Å². The molecule has 1 unspecified atom stereocenters. The number of rotatable bonds is 6. The summed E-state index contributed by atoms with van der Waals surface area (Å²) in [6, 6.07) is 16.5. The number of hydrogen-bond donors (Lipinski definition) is 1. The summed E-state index contributed by atoms with van der Waals surface area (Å²) in [5.74, 6) is -0.416. The molecule has 0 saturated carbocycles. The summed E-state index contributed by atoms with van der Waals surface area (Å²) >= 11 is 0. The van der Waals surface area contributed by atoms with Crippen LogP contribution < -0.4 is 5.32 Å². The van der Waals surface area contributed by atoms with E-state index in [1.807, 2.05) is 18.2 Å². The topological polar surface area (TPSA) is 41.6 Å². The first-order chi connectivity index (χ1) is 12.2. The highest BCUT2D eigenvalue weighted by atomic mass is 19.1. The molecular weight excluding hydrogens is 319 g/mol.